The Hall–Kier alpha value is -2.48. The maximum Gasteiger partial charge on any atom is 0.429 e. The van der Waals surface area contributed by atoms with Crippen LogP contribution >= 0.6 is 0 Å². The predicted octanol–water partition coefficient (Wildman–Crippen LogP) is 2.28. The molecule has 1 aromatic carbocycles. The van der Waals surface area contributed by atoms with E-state index in [-0.39, 0.29) is 16.9 Å². The number of nitrogens with one attached hydrogen (secondary N) is 1. The van der Waals surface area contributed by atoms with E-state index in [0.29, 0.717) is 6.29 Å². The van der Waals surface area contributed by atoms with Crippen molar-refractivity contribution in [1.29, 1.82) is 0 Å². The number of anilines is 1. The van der Waals surface area contributed by atoms with Crippen molar-refractivity contribution in [2.75, 3.05) is 12.1 Å². The van der Waals surface area contributed by atoms with Gasteiger partial charge < -0.3 is 4.74 Å². The lowest BCUT2D eigenvalue weighted by molar-refractivity contribution is -0.384. The van der Waals surface area contributed by atoms with Gasteiger partial charge in [0, 0.05) is 24.7 Å². The van der Waals surface area contributed by atoms with Crippen molar-refractivity contribution in [2.45, 2.75) is 26.4 Å². The molecular formula is C13H17N3O5. The van der Waals surface area contributed by atoms with Gasteiger partial charge in [-0.15, -0.1) is 0 Å². The number of benzene rings is 1. The van der Waals surface area contributed by atoms with E-state index in [1.54, 1.807) is 20.8 Å². The molecule has 0 heterocycles. The van der Waals surface area contributed by atoms with Gasteiger partial charge in [0.1, 0.15) is 5.60 Å². The first-order valence-electron chi connectivity index (χ1n) is 6.13. The molecule has 0 aliphatic rings. The summed E-state index contributed by atoms with van der Waals surface area (Å²) < 4.78 is 5.20. The smallest absolute Gasteiger partial charge is 0.429 e. The number of hydrazine groups is 1. The van der Waals surface area contributed by atoms with Crippen LogP contribution < -0.4 is 10.4 Å². The SMILES string of the molecule is CNN(C(=O)OC(C)(C)C)c1ccc([N+](=O)[O-])cc1C=O. The van der Waals surface area contributed by atoms with Gasteiger partial charge in [-0.3, -0.25) is 14.9 Å². The number of nitro benzene ring substituents is 1. The molecule has 0 aliphatic heterocycles. The molecule has 1 aromatic rings. The Kier molecular flexibility index (Phi) is 4.98. The molecule has 8 nitrogen and oxygen atoms in total. The second-order valence-electron chi connectivity index (χ2n) is 5.16. The third-order valence-electron chi connectivity index (χ3n) is 2.39. The van der Waals surface area contributed by atoms with Gasteiger partial charge in [0.15, 0.2) is 6.29 Å². The number of nitro groups is 1. The lowest BCUT2D eigenvalue weighted by Gasteiger charge is -2.27. The highest BCUT2D eigenvalue weighted by Crippen LogP contribution is 2.24. The van der Waals surface area contributed by atoms with Crippen LogP contribution in [0.4, 0.5) is 16.2 Å². The Labute approximate surface area is 121 Å². The van der Waals surface area contributed by atoms with E-state index in [0.717, 1.165) is 11.1 Å². The zero-order chi connectivity index (χ0) is 16.2. The van der Waals surface area contributed by atoms with Crippen molar-refractivity contribution in [3.8, 4) is 0 Å². The predicted molar refractivity (Wildman–Crippen MR) is 76.3 cm³/mol. The van der Waals surface area contributed by atoms with E-state index in [9.17, 15) is 19.7 Å². The number of carbonyl (C=O) groups is 2. The quantitative estimate of drug-likeness (QED) is 0.519. The zero-order valence-corrected chi connectivity index (χ0v) is 12.2. The van der Waals surface area contributed by atoms with Crippen molar-refractivity contribution >= 4 is 23.8 Å². The van der Waals surface area contributed by atoms with E-state index < -0.39 is 16.6 Å². The first-order valence-corrected chi connectivity index (χ1v) is 6.13. The molecule has 0 radical (unpaired) electrons. The van der Waals surface area contributed by atoms with Gasteiger partial charge in [-0.1, -0.05) is 0 Å². The number of nitrogens with zero attached hydrogens (tertiary/aromatic N) is 2. The monoisotopic (exact) mass is 295 g/mol. The van der Waals surface area contributed by atoms with Gasteiger partial charge in [-0.25, -0.2) is 15.2 Å². The molecule has 0 aliphatic carbocycles. The number of carbonyl (C=O) groups excluding carboxylic acids is 2. The number of non-ortho nitro benzene ring substituents is 1. The molecule has 0 bridgehead atoms. The van der Waals surface area contributed by atoms with Gasteiger partial charge in [-0.2, -0.15) is 0 Å². The summed E-state index contributed by atoms with van der Waals surface area (Å²) in [5.41, 5.74) is 1.82. The third kappa shape index (κ3) is 4.25. The standard InChI is InChI=1S/C13H17N3O5/c1-13(2,3)21-12(18)15(14-4)11-6-5-10(16(19)20)7-9(11)8-17/h5-8,14H,1-4H3. The Balaban J connectivity index is 3.19. The van der Waals surface area contributed by atoms with Gasteiger partial charge in [0.2, 0.25) is 0 Å². The van der Waals surface area contributed by atoms with Crippen molar-refractivity contribution in [3.63, 3.8) is 0 Å². The van der Waals surface area contributed by atoms with Crippen LogP contribution in [0.15, 0.2) is 18.2 Å². The molecule has 21 heavy (non-hydrogen) atoms. The number of ether oxygens (including phenoxy) is 1. The van der Waals surface area contributed by atoms with E-state index in [2.05, 4.69) is 5.43 Å². The minimum atomic E-state index is -0.720. The first kappa shape index (κ1) is 16.6. The largest absolute Gasteiger partial charge is 0.442 e. The average Bonchev–Trinajstić information content (AvgIpc) is 2.37. The molecule has 0 saturated carbocycles. The molecule has 0 atom stereocenters. The fourth-order valence-corrected chi connectivity index (χ4v) is 1.57. The van der Waals surface area contributed by atoms with Gasteiger partial charge in [-0.05, 0) is 26.8 Å². The van der Waals surface area contributed by atoms with E-state index in [1.165, 1.54) is 19.2 Å². The zero-order valence-electron chi connectivity index (χ0n) is 12.2. The molecule has 0 fully saturated rings. The molecule has 0 aromatic heterocycles. The lowest BCUT2D eigenvalue weighted by atomic mass is 10.1. The van der Waals surface area contributed by atoms with E-state index >= 15 is 0 Å². The van der Waals surface area contributed by atoms with Crippen LogP contribution in [0.25, 0.3) is 0 Å². The molecule has 1 amide bonds. The van der Waals surface area contributed by atoms with E-state index in [4.69, 9.17) is 4.74 Å². The van der Waals surface area contributed by atoms with Crippen LogP contribution in [0.2, 0.25) is 0 Å². The highest BCUT2D eigenvalue weighted by molar-refractivity contribution is 5.95. The Morgan fingerprint density at radius 3 is 2.48 bits per heavy atom. The average molecular weight is 295 g/mol. The maximum atomic E-state index is 12.1. The van der Waals surface area contributed by atoms with Gasteiger partial charge >= 0.3 is 6.09 Å². The molecule has 1 rings (SSSR count). The number of amides is 1. The maximum absolute atomic E-state index is 12.1. The lowest BCUT2D eigenvalue weighted by Crippen LogP contribution is -2.44. The third-order valence-corrected chi connectivity index (χ3v) is 2.39. The summed E-state index contributed by atoms with van der Waals surface area (Å²) in [5, 5.41) is 11.7. The van der Waals surface area contributed by atoms with Crippen molar-refractivity contribution in [2.24, 2.45) is 0 Å². The van der Waals surface area contributed by atoms with Gasteiger partial charge in [0.05, 0.1) is 10.6 Å². The second kappa shape index (κ2) is 6.31. The molecule has 1 N–H and O–H groups in total. The van der Waals surface area contributed by atoms with Crippen molar-refractivity contribution in [3.05, 3.63) is 33.9 Å². The summed E-state index contributed by atoms with van der Waals surface area (Å²) in [6, 6.07) is 3.61. The Bertz CT molecular complexity index is 565. The number of hydrogen-bond donors (Lipinski definition) is 1. The van der Waals surface area contributed by atoms with Gasteiger partial charge in [0.25, 0.3) is 5.69 Å². The molecular weight excluding hydrogens is 278 g/mol. The normalized spacial score (nSPS) is 10.9. The Morgan fingerprint density at radius 1 is 1.43 bits per heavy atom. The fourth-order valence-electron chi connectivity index (χ4n) is 1.57. The fraction of sp³-hybridized carbons (Fsp3) is 0.385. The van der Waals surface area contributed by atoms with E-state index in [1.807, 2.05) is 0 Å². The van der Waals surface area contributed by atoms with Crippen molar-refractivity contribution < 1.29 is 19.2 Å². The number of aldehydes is 1. The number of hydrogen-bond acceptors (Lipinski definition) is 6. The van der Waals surface area contributed by atoms with Crippen LogP contribution in [0, 0.1) is 10.1 Å². The molecule has 0 spiro atoms. The molecule has 114 valence electrons. The van der Waals surface area contributed by atoms with Crippen LogP contribution in [0.1, 0.15) is 31.1 Å². The molecule has 0 saturated heterocycles. The summed E-state index contributed by atoms with van der Waals surface area (Å²) in [6.07, 6.45) is -0.279. The topological polar surface area (TPSA) is 102 Å². The molecule has 0 unspecified atom stereocenters. The van der Waals surface area contributed by atoms with Crippen LogP contribution in [0.3, 0.4) is 0 Å². The summed E-state index contributed by atoms with van der Waals surface area (Å²) in [6.45, 7) is 5.11. The van der Waals surface area contributed by atoms with Crippen LogP contribution in [-0.2, 0) is 4.74 Å². The van der Waals surface area contributed by atoms with Crippen LogP contribution in [-0.4, -0.2) is 30.0 Å². The molecule has 8 heteroatoms. The van der Waals surface area contributed by atoms with Crippen LogP contribution in [0.5, 0.6) is 0 Å². The second-order valence-corrected chi connectivity index (χ2v) is 5.16. The summed E-state index contributed by atoms with van der Waals surface area (Å²) in [4.78, 5) is 33.3. The Morgan fingerprint density at radius 2 is 2.05 bits per heavy atom. The summed E-state index contributed by atoms with van der Waals surface area (Å²) in [7, 11) is 1.47. The number of rotatable bonds is 4. The highest BCUT2D eigenvalue weighted by atomic mass is 16.6. The minimum Gasteiger partial charge on any atom is -0.442 e. The first-order chi connectivity index (χ1) is 9.69. The summed E-state index contributed by atoms with van der Waals surface area (Å²) in [5.74, 6) is 0. The highest BCUT2D eigenvalue weighted by Gasteiger charge is 2.25. The summed E-state index contributed by atoms with van der Waals surface area (Å²) >= 11 is 0. The van der Waals surface area contributed by atoms with Crippen molar-refractivity contribution in [1.82, 2.24) is 5.43 Å². The minimum absolute atomic E-state index is 0.00408.